The highest BCUT2D eigenvalue weighted by Gasteiger charge is 2.44. The Bertz CT molecular complexity index is 253. The minimum Gasteiger partial charge on any atom is -0.320 e. The van der Waals surface area contributed by atoms with Gasteiger partial charge in [-0.1, -0.05) is 0 Å². The monoisotopic (exact) mass is 208 g/mol. The van der Waals surface area contributed by atoms with Crippen LogP contribution in [0.2, 0.25) is 0 Å². The number of fused-ring (bicyclic) bond motifs is 1. The summed E-state index contributed by atoms with van der Waals surface area (Å²) in [5, 5.41) is 0. The van der Waals surface area contributed by atoms with Gasteiger partial charge in [-0.3, -0.25) is 0 Å². The standard InChI is InChI=1S/C8H11F3N2O/c9-8(10,11)5-12-4-6-2-1-3-13(6)7(12)14/h6H,1-5H2/t6-/m0/s1. The van der Waals surface area contributed by atoms with Gasteiger partial charge in [0.15, 0.2) is 0 Å². The molecule has 2 heterocycles. The minimum absolute atomic E-state index is 0.0184. The van der Waals surface area contributed by atoms with Crippen molar-refractivity contribution in [3.63, 3.8) is 0 Å². The van der Waals surface area contributed by atoms with E-state index >= 15 is 0 Å². The van der Waals surface area contributed by atoms with Crippen molar-refractivity contribution in [2.75, 3.05) is 19.6 Å². The van der Waals surface area contributed by atoms with Crippen molar-refractivity contribution in [1.29, 1.82) is 0 Å². The Balaban J connectivity index is 2.00. The van der Waals surface area contributed by atoms with Crippen LogP contribution >= 0.6 is 0 Å². The number of hydrogen-bond acceptors (Lipinski definition) is 1. The van der Waals surface area contributed by atoms with Crippen LogP contribution in [0.4, 0.5) is 18.0 Å². The van der Waals surface area contributed by atoms with Crippen molar-refractivity contribution in [2.45, 2.75) is 25.1 Å². The van der Waals surface area contributed by atoms with Crippen molar-refractivity contribution in [3.05, 3.63) is 0 Å². The Morgan fingerprint density at radius 2 is 2.14 bits per heavy atom. The van der Waals surface area contributed by atoms with Gasteiger partial charge in [0.1, 0.15) is 6.54 Å². The lowest BCUT2D eigenvalue weighted by Crippen LogP contribution is -2.38. The van der Waals surface area contributed by atoms with Crippen LogP contribution in [0.5, 0.6) is 0 Å². The average Bonchev–Trinajstić information content (AvgIpc) is 2.55. The molecule has 80 valence electrons. The third-order valence-electron chi connectivity index (χ3n) is 2.69. The zero-order chi connectivity index (χ0) is 10.3. The molecule has 14 heavy (non-hydrogen) atoms. The zero-order valence-corrected chi connectivity index (χ0v) is 7.55. The van der Waals surface area contributed by atoms with Crippen molar-refractivity contribution in [3.8, 4) is 0 Å². The van der Waals surface area contributed by atoms with Gasteiger partial charge < -0.3 is 9.80 Å². The predicted molar refractivity (Wildman–Crippen MR) is 42.8 cm³/mol. The summed E-state index contributed by atoms with van der Waals surface area (Å²) in [4.78, 5) is 13.9. The largest absolute Gasteiger partial charge is 0.406 e. The summed E-state index contributed by atoms with van der Waals surface area (Å²) >= 11 is 0. The Labute approximate surface area is 79.5 Å². The molecule has 0 radical (unpaired) electrons. The molecule has 6 heteroatoms. The number of urea groups is 1. The molecule has 0 aliphatic carbocycles. The first-order valence-corrected chi connectivity index (χ1v) is 4.60. The third kappa shape index (κ3) is 1.65. The van der Waals surface area contributed by atoms with Gasteiger partial charge in [0.2, 0.25) is 0 Å². The molecular formula is C8H11F3N2O. The lowest BCUT2D eigenvalue weighted by molar-refractivity contribution is -0.138. The molecule has 0 unspecified atom stereocenters. The van der Waals surface area contributed by atoms with E-state index in [9.17, 15) is 18.0 Å². The normalized spacial score (nSPS) is 27.4. The number of hydrogen-bond donors (Lipinski definition) is 0. The molecule has 0 N–H and O–H groups in total. The van der Waals surface area contributed by atoms with Gasteiger partial charge in [0, 0.05) is 13.1 Å². The Morgan fingerprint density at radius 3 is 2.71 bits per heavy atom. The SMILES string of the molecule is O=C1N(CC(F)(F)F)C[C@@H]2CCCN12. The number of nitrogens with zero attached hydrogens (tertiary/aromatic N) is 2. The summed E-state index contributed by atoms with van der Waals surface area (Å²) in [6.45, 7) is -0.269. The van der Waals surface area contributed by atoms with Gasteiger partial charge in [0.05, 0.1) is 6.04 Å². The van der Waals surface area contributed by atoms with Crippen LogP contribution in [0.1, 0.15) is 12.8 Å². The van der Waals surface area contributed by atoms with Crippen molar-refractivity contribution < 1.29 is 18.0 Å². The number of rotatable bonds is 1. The summed E-state index contributed by atoms with van der Waals surface area (Å²) in [6, 6.07) is -0.435. The van der Waals surface area contributed by atoms with E-state index in [1.54, 1.807) is 4.90 Å². The summed E-state index contributed by atoms with van der Waals surface area (Å²) in [5.41, 5.74) is 0. The highest BCUT2D eigenvalue weighted by atomic mass is 19.4. The van der Waals surface area contributed by atoms with Crippen molar-refractivity contribution in [1.82, 2.24) is 9.80 Å². The van der Waals surface area contributed by atoms with E-state index in [0.717, 1.165) is 17.7 Å². The van der Waals surface area contributed by atoms with Crippen molar-refractivity contribution in [2.24, 2.45) is 0 Å². The van der Waals surface area contributed by atoms with Gasteiger partial charge >= 0.3 is 12.2 Å². The Morgan fingerprint density at radius 1 is 1.43 bits per heavy atom. The first kappa shape index (κ1) is 9.61. The second kappa shape index (κ2) is 3.03. The molecule has 0 aromatic carbocycles. The maximum Gasteiger partial charge on any atom is 0.406 e. The lowest BCUT2D eigenvalue weighted by atomic mass is 10.2. The average molecular weight is 208 g/mol. The van der Waals surface area contributed by atoms with Gasteiger partial charge in [0.25, 0.3) is 0 Å². The summed E-state index contributed by atoms with van der Waals surface area (Å²) < 4.78 is 36.1. The number of carbonyl (C=O) groups is 1. The predicted octanol–water partition coefficient (Wildman–Crippen LogP) is 1.45. The van der Waals surface area contributed by atoms with Crippen LogP contribution in [-0.2, 0) is 0 Å². The van der Waals surface area contributed by atoms with Gasteiger partial charge in [-0.25, -0.2) is 4.79 Å². The second-order valence-corrected chi connectivity index (χ2v) is 3.77. The zero-order valence-electron chi connectivity index (χ0n) is 7.55. The topological polar surface area (TPSA) is 23.6 Å². The molecule has 0 spiro atoms. The molecule has 2 rings (SSSR count). The molecule has 2 aliphatic rings. The van der Waals surface area contributed by atoms with Gasteiger partial charge in [-0.15, -0.1) is 0 Å². The number of amides is 2. The summed E-state index contributed by atoms with van der Waals surface area (Å²) in [5.74, 6) is 0. The van der Waals surface area contributed by atoms with E-state index in [1.165, 1.54) is 0 Å². The molecule has 3 nitrogen and oxygen atoms in total. The number of carbonyl (C=O) groups excluding carboxylic acids is 1. The molecule has 2 aliphatic heterocycles. The van der Waals surface area contributed by atoms with E-state index in [4.69, 9.17) is 0 Å². The highest BCUT2D eigenvalue weighted by Crippen LogP contribution is 2.28. The van der Waals surface area contributed by atoms with E-state index in [0.29, 0.717) is 6.54 Å². The molecule has 2 saturated heterocycles. The van der Waals surface area contributed by atoms with Crippen LogP contribution in [0.15, 0.2) is 0 Å². The van der Waals surface area contributed by atoms with Gasteiger partial charge in [-0.05, 0) is 12.8 Å². The first-order valence-electron chi connectivity index (χ1n) is 4.60. The lowest BCUT2D eigenvalue weighted by Gasteiger charge is -2.18. The molecule has 0 aromatic rings. The van der Waals surface area contributed by atoms with Crippen LogP contribution in [0.3, 0.4) is 0 Å². The fourth-order valence-electron chi connectivity index (χ4n) is 2.14. The van der Waals surface area contributed by atoms with E-state index < -0.39 is 18.8 Å². The maximum absolute atomic E-state index is 12.0. The smallest absolute Gasteiger partial charge is 0.320 e. The summed E-state index contributed by atoms with van der Waals surface area (Å²) in [7, 11) is 0. The van der Waals surface area contributed by atoms with Gasteiger partial charge in [-0.2, -0.15) is 13.2 Å². The van der Waals surface area contributed by atoms with Crippen LogP contribution < -0.4 is 0 Å². The maximum atomic E-state index is 12.0. The Kier molecular flexibility index (Phi) is 2.08. The number of halogens is 3. The second-order valence-electron chi connectivity index (χ2n) is 3.77. The highest BCUT2D eigenvalue weighted by molar-refractivity contribution is 5.77. The van der Waals surface area contributed by atoms with Crippen LogP contribution in [0, 0.1) is 0 Å². The first-order chi connectivity index (χ1) is 6.47. The van der Waals surface area contributed by atoms with Crippen molar-refractivity contribution >= 4 is 6.03 Å². The van der Waals surface area contributed by atoms with E-state index in [1.807, 2.05) is 0 Å². The molecular weight excluding hydrogens is 197 g/mol. The van der Waals surface area contributed by atoms with Crippen LogP contribution in [-0.4, -0.2) is 47.7 Å². The fourth-order valence-corrected chi connectivity index (χ4v) is 2.14. The molecule has 0 bridgehead atoms. The molecule has 2 fully saturated rings. The quantitative estimate of drug-likeness (QED) is 0.639. The summed E-state index contributed by atoms with van der Waals surface area (Å²) in [6.07, 6.45) is -2.54. The molecule has 2 amide bonds. The minimum atomic E-state index is -4.28. The Hall–Kier alpha value is -0.940. The molecule has 1 atom stereocenters. The van der Waals surface area contributed by atoms with E-state index in [2.05, 4.69) is 0 Å². The molecule has 0 saturated carbocycles. The number of alkyl halides is 3. The fraction of sp³-hybridized carbons (Fsp3) is 0.875. The van der Waals surface area contributed by atoms with E-state index in [-0.39, 0.29) is 12.6 Å². The van der Waals surface area contributed by atoms with Crippen LogP contribution in [0.25, 0.3) is 0 Å². The molecule has 0 aromatic heterocycles. The third-order valence-corrected chi connectivity index (χ3v) is 2.69.